The molecule has 2 heterocycles. The lowest BCUT2D eigenvalue weighted by Gasteiger charge is -2.04. The molecule has 0 saturated heterocycles. The molecule has 0 aliphatic carbocycles. The average Bonchev–Trinajstić information content (AvgIpc) is 2.66. The van der Waals surface area contributed by atoms with Gasteiger partial charge in [0, 0.05) is 11.3 Å². The lowest BCUT2D eigenvalue weighted by atomic mass is 10.1. The van der Waals surface area contributed by atoms with Crippen LogP contribution in [0, 0.1) is 0 Å². The number of carbonyl (C=O) groups excluding carboxylic acids is 1. The molecule has 5 nitrogen and oxygen atoms in total. The van der Waals surface area contributed by atoms with Crippen molar-refractivity contribution in [1.82, 2.24) is 14.6 Å². The van der Waals surface area contributed by atoms with Gasteiger partial charge in [-0.25, -0.2) is 14.3 Å². The van der Waals surface area contributed by atoms with E-state index in [0.717, 1.165) is 12.1 Å². The van der Waals surface area contributed by atoms with E-state index in [1.807, 2.05) is 6.92 Å². The maximum Gasteiger partial charge on any atom is 0.356 e. The molecule has 2 radical (unpaired) electrons. The molecule has 80 valence electrons. The zero-order chi connectivity index (χ0) is 11.7. The van der Waals surface area contributed by atoms with Gasteiger partial charge in [0.05, 0.1) is 7.11 Å². The summed E-state index contributed by atoms with van der Waals surface area (Å²) in [6, 6.07) is 3.27. The molecule has 0 aromatic carbocycles. The second-order valence-corrected chi connectivity index (χ2v) is 3.32. The van der Waals surface area contributed by atoms with Crippen LogP contribution in [0.5, 0.6) is 0 Å². The Morgan fingerprint density at radius 1 is 1.56 bits per heavy atom. The first-order chi connectivity index (χ1) is 7.65. The topological polar surface area (TPSA) is 56.5 Å². The Morgan fingerprint density at radius 3 is 2.94 bits per heavy atom. The van der Waals surface area contributed by atoms with Gasteiger partial charge in [0.2, 0.25) is 0 Å². The fraction of sp³-hybridized carbons (Fsp3) is 0.300. The second-order valence-electron chi connectivity index (χ2n) is 3.32. The van der Waals surface area contributed by atoms with Gasteiger partial charge in [-0.3, -0.25) is 0 Å². The highest BCUT2D eigenvalue weighted by atomic mass is 16.5. The lowest BCUT2D eigenvalue weighted by molar-refractivity contribution is 0.0594. The van der Waals surface area contributed by atoms with E-state index >= 15 is 0 Å². The van der Waals surface area contributed by atoms with Crippen molar-refractivity contribution in [3.05, 3.63) is 23.5 Å². The molecule has 0 aliphatic heterocycles. The smallest absolute Gasteiger partial charge is 0.356 e. The molecule has 0 amide bonds. The number of rotatable bonds is 2. The Balaban J connectivity index is 2.67. The Hall–Kier alpha value is -1.85. The summed E-state index contributed by atoms with van der Waals surface area (Å²) in [4.78, 5) is 15.5. The minimum Gasteiger partial charge on any atom is -0.464 e. The number of methoxy groups -OCH3 is 1. The number of carbonyl (C=O) groups is 1. The molecule has 2 rings (SSSR count). The van der Waals surface area contributed by atoms with Crippen molar-refractivity contribution in [2.24, 2.45) is 0 Å². The molecule has 0 aliphatic rings. The van der Waals surface area contributed by atoms with Crippen LogP contribution in [-0.2, 0) is 11.2 Å². The molecular weight excluding hydrogens is 205 g/mol. The van der Waals surface area contributed by atoms with Gasteiger partial charge in [0.1, 0.15) is 7.85 Å². The molecule has 6 heteroatoms. The minimum absolute atomic E-state index is 0.270. The van der Waals surface area contributed by atoms with Gasteiger partial charge in [0.15, 0.2) is 11.3 Å². The van der Waals surface area contributed by atoms with Gasteiger partial charge >= 0.3 is 5.97 Å². The summed E-state index contributed by atoms with van der Waals surface area (Å²) in [5.74, 6) is -0.461. The number of nitrogens with zero attached hydrogens (tertiary/aromatic N) is 3. The number of hydrogen-bond donors (Lipinski definition) is 0. The summed E-state index contributed by atoms with van der Waals surface area (Å²) >= 11 is 0. The first-order valence-corrected chi connectivity index (χ1v) is 4.89. The minimum atomic E-state index is -0.461. The van der Waals surface area contributed by atoms with E-state index in [1.165, 1.54) is 7.11 Å². The van der Waals surface area contributed by atoms with Crippen molar-refractivity contribution in [2.75, 3.05) is 7.11 Å². The third kappa shape index (κ3) is 1.66. The molecule has 0 atom stereocenters. The van der Waals surface area contributed by atoms with E-state index in [0.29, 0.717) is 11.2 Å². The number of hydrogen-bond acceptors (Lipinski definition) is 4. The average molecular weight is 215 g/mol. The number of ether oxygens (including phenoxy) is 1. The molecular formula is C10H10BN3O2. The van der Waals surface area contributed by atoms with Crippen LogP contribution in [0.25, 0.3) is 5.65 Å². The SMILES string of the molecule is [B]c1cc2nc(C(=O)OC)cc(CC)n2n1. The zero-order valence-electron chi connectivity index (χ0n) is 9.10. The van der Waals surface area contributed by atoms with Gasteiger partial charge in [-0.15, -0.1) is 0 Å². The van der Waals surface area contributed by atoms with Crippen LogP contribution in [0.2, 0.25) is 0 Å². The van der Waals surface area contributed by atoms with Crippen molar-refractivity contribution in [2.45, 2.75) is 13.3 Å². The standard InChI is InChI=1S/C10H10BN3O2/c1-3-6-4-7(10(15)16-2)12-9-5-8(11)13-14(6)9/h4-5H,3H2,1-2H3. The number of aromatic nitrogens is 3. The van der Waals surface area contributed by atoms with Crippen molar-refractivity contribution in [1.29, 1.82) is 0 Å². The van der Waals surface area contributed by atoms with Crippen LogP contribution >= 0.6 is 0 Å². The molecule has 0 unspecified atom stereocenters. The summed E-state index contributed by atoms with van der Waals surface area (Å²) < 4.78 is 6.26. The van der Waals surface area contributed by atoms with Gasteiger partial charge in [-0.2, -0.15) is 5.10 Å². The predicted octanol–water partition coefficient (Wildman–Crippen LogP) is -0.128. The Morgan fingerprint density at radius 2 is 2.31 bits per heavy atom. The zero-order valence-corrected chi connectivity index (χ0v) is 9.10. The Kier molecular flexibility index (Phi) is 2.64. The van der Waals surface area contributed by atoms with Crippen LogP contribution in [0.15, 0.2) is 12.1 Å². The molecule has 0 saturated carbocycles. The van der Waals surface area contributed by atoms with Crippen molar-refractivity contribution in [3.8, 4) is 0 Å². The molecule has 2 aromatic rings. The highest BCUT2D eigenvalue weighted by Crippen LogP contribution is 2.08. The largest absolute Gasteiger partial charge is 0.464 e. The third-order valence-electron chi connectivity index (χ3n) is 2.28. The van der Waals surface area contributed by atoms with Gasteiger partial charge < -0.3 is 4.74 Å². The van der Waals surface area contributed by atoms with Gasteiger partial charge in [-0.05, 0) is 18.6 Å². The molecule has 0 fully saturated rings. The van der Waals surface area contributed by atoms with E-state index in [-0.39, 0.29) is 5.69 Å². The highest BCUT2D eigenvalue weighted by Gasteiger charge is 2.12. The normalized spacial score (nSPS) is 10.6. The van der Waals surface area contributed by atoms with Crippen molar-refractivity contribution in [3.63, 3.8) is 0 Å². The van der Waals surface area contributed by atoms with E-state index < -0.39 is 5.97 Å². The van der Waals surface area contributed by atoms with Crippen LogP contribution in [0.1, 0.15) is 23.1 Å². The second kappa shape index (κ2) is 3.96. The summed E-state index contributed by atoms with van der Waals surface area (Å²) in [6.07, 6.45) is 0.726. The Bertz CT molecular complexity index is 550. The summed E-state index contributed by atoms with van der Waals surface area (Å²) in [5.41, 5.74) is 2.07. The first kappa shape index (κ1) is 10.7. The van der Waals surface area contributed by atoms with E-state index in [4.69, 9.17) is 7.85 Å². The number of esters is 1. The number of aryl methyl sites for hydroxylation is 1. The van der Waals surface area contributed by atoms with Gasteiger partial charge in [-0.1, -0.05) is 6.92 Å². The summed E-state index contributed by atoms with van der Waals surface area (Å²) in [6.45, 7) is 1.97. The van der Waals surface area contributed by atoms with E-state index in [9.17, 15) is 4.79 Å². The molecule has 2 aromatic heterocycles. The summed E-state index contributed by atoms with van der Waals surface area (Å²) in [7, 11) is 6.91. The van der Waals surface area contributed by atoms with Crippen molar-refractivity contribution >= 4 is 25.1 Å². The highest BCUT2D eigenvalue weighted by molar-refractivity contribution is 6.31. The fourth-order valence-electron chi connectivity index (χ4n) is 1.52. The predicted molar refractivity (Wildman–Crippen MR) is 59.1 cm³/mol. The maximum absolute atomic E-state index is 11.4. The van der Waals surface area contributed by atoms with Crippen LogP contribution < -0.4 is 5.59 Å². The molecule has 16 heavy (non-hydrogen) atoms. The third-order valence-corrected chi connectivity index (χ3v) is 2.28. The Labute approximate surface area is 93.8 Å². The lowest BCUT2D eigenvalue weighted by Crippen LogP contribution is -2.10. The van der Waals surface area contributed by atoms with Crippen LogP contribution in [0.3, 0.4) is 0 Å². The van der Waals surface area contributed by atoms with E-state index in [1.54, 1.807) is 16.6 Å². The maximum atomic E-state index is 11.4. The first-order valence-electron chi connectivity index (χ1n) is 4.89. The van der Waals surface area contributed by atoms with E-state index in [2.05, 4.69) is 14.8 Å². The summed E-state index contributed by atoms with van der Waals surface area (Å²) in [5, 5.41) is 4.09. The number of fused-ring (bicyclic) bond motifs is 1. The molecule has 0 bridgehead atoms. The van der Waals surface area contributed by atoms with Crippen LogP contribution in [0.4, 0.5) is 0 Å². The monoisotopic (exact) mass is 215 g/mol. The quantitative estimate of drug-likeness (QED) is 0.517. The molecule has 0 N–H and O–H groups in total. The fourth-order valence-corrected chi connectivity index (χ4v) is 1.52. The molecule has 0 spiro atoms. The van der Waals surface area contributed by atoms with Crippen molar-refractivity contribution < 1.29 is 9.53 Å². The van der Waals surface area contributed by atoms with Crippen LogP contribution in [-0.4, -0.2) is 35.5 Å². The van der Waals surface area contributed by atoms with Gasteiger partial charge in [0.25, 0.3) is 0 Å².